The summed E-state index contributed by atoms with van der Waals surface area (Å²) in [5, 5.41) is 25.5. The summed E-state index contributed by atoms with van der Waals surface area (Å²) in [7, 11) is 1.72. The largest absolute Gasteiger partial charge is 0.480 e. The van der Waals surface area contributed by atoms with Crippen LogP contribution >= 0.6 is 0 Å². The number of carbonyl (C=O) groups excluding carboxylic acids is 4. The van der Waals surface area contributed by atoms with E-state index in [9.17, 15) is 39.0 Å². The van der Waals surface area contributed by atoms with Gasteiger partial charge in [-0.25, -0.2) is 9.59 Å². The van der Waals surface area contributed by atoms with Crippen LogP contribution in [-0.2, 0) is 31.0 Å². The molecule has 4 amide bonds. The molecular weight excluding hydrogens is 534 g/mol. The van der Waals surface area contributed by atoms with Crippen molar-refractivity contribution in [1.29, 1.82) is 0 Å². The van der Waals surface area contributed by atoms with E-state index in [1.165, 1.54) is 9.80 Å². The maximum absolute atomic E-state index is 13.9. The first kappa shape index (κ1) is 28.6. The lowest BCUT2D eigenvalue weighted by molar-refractivity contribution is -0.156. The zero-order chi connectivity index (χ0) is 29.4. The fourth-order valence-corrected chi connectivity index (χ4v) is 6.61. The number of carboxylic acids is 2. The van der Waals surface area contributed by atoms with Crippen molar-refractivity contribution >= 4 is 35.6 Å². The van der Waals surface area contributed by atoms with Gasteiger partial charge in [0.05, 0.1) is 0 Å². The number of nitrogens with zero attached hydrogens (tertiary/aromatic N) is 3. The molecule has 0 bridgehead atoms. The van der Waals surface area contributed by atoms with Crippen LogP contribution in [0.3, 0.4) is 0 Å². The number of carbonyl (C=O) groups is 6. The van der Waals surface area contributed by atoms with Crippen molar-refractivity contribution < 1.29 is 39.0 Å². The molecule has 13 heteroatoms. The number of rotatable bonds is 8. The molecule has 2 unspecified atom stereocenters. The average molecular weight is 572 g/mol. The number of likely N-dealkylation sites (tertiary alicyclic amines) is 2. The van der Waals surface area contributed by atoms with Crippen molar-refractivity contribution in [3.63, 3.8) is 0 Å². The number of aromatic nitrogens is 1. The predicted molar refractivity (Wildman–Crippen MR) is 142 cm³/mol. The Balaban J connectivity index is 1.29. The molecule has 1 aromatic heterocycles. The standard InChI is InChI=1S/C28H37N5O8/c1-31-10-4-7-20(31)24(35)30-17-12-22(28(40)41)33(14-17)26(37)19-6-3-2-5-18(19)25(36)32-13-16(11-21(32)27(38)39)29-23(34)15-8-9-15/h4,7,10,15-19,21-22H,2-3,5-6,8-9,11-14H2,1H3,(H,29,34)(H,30,35)(H,38,39)(H,40,41)/t16-,17-,18?,19?,21-,22-/m0/s1. The van der Waals surface area contributed by atoms with Crippen LogP contribution in [0.4, 0.5) is 0 Å². The predicted octanol–water partition coefficient (Wildman–Crippen LogP) is 0.196. The highest BCUT2D eigenvalue weighted by molar-refractivity contribution is 5.94. The summed E-state index contributed by atoms with van der Waals surface area (Å²) in [6.45, 7) is 0.0561. The monoisotopic (exact) mass is 571 g/mol. The molecule has 4 aliphatic rings. The Morgan fingerprint density at radius 3 is 1.73 bits per heavy atom. The molecule has 5 rings (SSSR count). The van der Waals surface area contributed by atoms with E-state index in [1.54, 1.807) is 29.9 Å². The molecule has 4 fully saturated rings. The van der Waals surface area contributed by atoms with Crippen molar-refractivity contribution in [2.45, 2.75) is 75.5 Å². The Morgan fingerprint density at radius 2 is 1.29 bits per heavy atom. The molecule has 222 valence electrons. The van der Waals surface area contributed by atoms with E-state index in [0.717, 1.165) is 12.8 Å². The van der Waals surface area contributed by atoms with E-state index in [1.807, 2.05) is 0 Å². The minimum atomic E-state index is -1.19. The number of hydrogen-bond donors (Lipinski definition) is 4. The van der Waals surface area contributed by atoms with Gasteiger partial charge < -0.3 is 35.2 Å². The zero-order valence-corrected chi connectivity index (χ0v) is 23.0. The van der Waals surface area contributed by atoms with Crippen LogP contribution in [0, 0.1) is 17.8 Å². The van der Waals surface area contributed by atoms with Crippen molar-refractivity contribution in [2.75, 3.05) is 13.1 Å². The highest BCUT2D eigenvalue weighted by atomic mass is 16.4. The van der Waals surface area contributed by atoms with Crippen LogP contribution in [0.25, 0.3) is 0 Å². The van der Waals surface area contributed by atoms with Crippen molar-refractivity contribution in [3.8, 4) is 0 Å². The lowest BCUT2D eigenvalue weighted by Gasteiger charge is -2.36. The third kappa shape index (κ3) is 5.94. The number of aryl methyl sites for hydroxylation is 1. The first-order valence-electron chi connectivity index (χ1n) is 14.3. The Hall–Kier alpha value is -3.90. The minimum Gasteiger partial charge on any atom is -0.480 e. The summed E-state index contributed by atoms with van der Waals surface area (Å²) in [4.78, 5) is 79.4. The number of amides is 4. The number of carboxylic acid groups (broad SMARTS) is 2. The molecule has 3 heterocycles. The maximum atomic E-state index is 13.9. The summed E-state index contributed by atoms with van der Waals surface area (Å²) in [5.74, 6) is -5.39. The van der Waals surface area contributed by atoms with E-state index in [-0.39, 0.29) is 43.7 Å². The van der Waals surface area contributed by atoms with Gasteiger partial charge in [0.2, 0.25) is 17.7 Å². The minimum absolute atomic E-state index is 0.000110. The van der Waals surface area contributed by atoms with Crippen LogP contribution < -0.4 is 10.6 Å². The molecule has 0 radical (unpaired) electrons. The van der Waals surface area contributed by atoms with Crippen molar-refractivity contribution in [1.82, 2.24) is 25.0 Å². The van der Waals surface area contributed by atoms with E-state index in [2.05, 4.69) is 10.6 Å². The Morgan fingerprint density at radius 1 is 0.780 bits per heavy atom. The molecule has 0 aromatic carbocycles. The normalized spacial score (nSPS) is 29.7. The molecule has 13 nitrogen and oxygen atoms in total. The van der Waals surface area contributed by atoms with Crippen LogP contribution in [0.5, 0.6) is 0 Å². The van der Waals surface area contributed by atoms with Gasteiger partial charge in [-0.1, -0.05) is 12.8 Å². The molecule has 1 aromatic rings. The quantitative estimate of drug-likeness (QED) is 0.342. The summed E-state index contributed by atoms with van der Waals surface area (Å²) in [6, 6.07) is 0.0449. The van der Waals surface area contributed by atoms with Gasteiger partial charge in [-0.15, -0.1) is 0 Å². The highest BCUT2D eigenvalue weighted by Crippen LogP contribution is 2.37. The Kier molecular flexibility index (Phi) is 8.05. The molecule has 0 spiro atoms. The smallest absolute Gasteiger partial charge is 0.326 e. The van der Waals surface area contributed by atoms with Crippen molar-refractivity contribution in [2.24, 2.45) is 24.8 Å². The molecule has 41 heavy (non-hydrogen) atoms. The summed E-state index contributed by atoms with van der Waals surface area (Å²) in [5.41, 5.74) is 0.407. The first-order valence-corrected chi connectivity index (χ1v) is 14.3. The Bertz CT molecular complexity index is 1240. The third-order valence-electron chi connectivity index (χ3n) is 8.94. The van der Waals surface area contributed by atoms with Crippen molar-refractivity contribution in [3.05, 3.63) is 24.0 Å². The molecule has 6 atom stereocenters. The third-order valence-corrected chi connectivity index (χ3v) is 8.94. The molecule has 2 saturated carbocycles. The van der Waals surface area contributed by atoms with Gasteiger partial charge in [0.1, 0.15) is 17.8 Å². The van der Waals surface area contributed by atoms with Gasteiger partial charge >= 0.3 is 11.9 Å². The summed E-state index contributed by atoms with van der Waals surface area (Å²) in [6.07, 6.45) is 5.60. The average Bonchev–Trinajstić information content (AvgIpc) is 3.34. The molecular formula is C28H37N5O8. The van der Waals surface area contributed by atoms with Gasteiger partial charge in [0.25, 0.3) is 5.91 Å². The number of hydrogen-bond acceptors (Lipinski definition) is 6. The van der Waals surface area contributed by atoms with E-state index >= 15 is 0 Å². The van der Waals surface area contributed by atoms with Crippen LogP contribution in [-0.4, -0.2) is 97.4 Å². The lowest BCUT2D eigenvalue weighted by Crippen LogP contribution is -2.51. The van der Waals surface area contributed by atoms with E-state index < -0.39 is 59.8 Å². The van der Waals surface area contributed by atoms with Gasteiger partial charge in [-0.05, 0) is 37.8 Å². The SMILES string of the molecule is Cn1cccc1C(=O)N[C@H]1C[C@@H](C(=O)O)N(C(=O)C2CCCCC2C(=O)N2C[C@@H](NC(=O)C3CC3)C[C@H]2C(=O)O)C1. The van der Waals surface area contributed by atoms with Gasteiger partial charge in [0, 0.05) is 69.0 Å². The second kappa shape index (κ2) is 11.5. The summed E-state index contributed by atoms with van der Waals surface area (Å²) < 4.78 is 1.64. The van der Waals surface area contributed by atoms with Crippen LogP contribution in [0.2, 0.25) is 0 Å². The zero-order valence-electron chi connectivity index (χ0n) is 23.0. The molecule has 4 N–H and O–H groups in total. The molecule has 2 aliphatic heterocycles. The van der Waals surface area contributed by atoms with Crippen LogP contribution in [0.15, 0.2) is 18.3 Å². The first-order chi connectivity index (χ1) is 19.5. The Labute approximate surface area is 237 Å². The second-order valence-corrected chi connectivity index (χ2v) is 11.8. The fourth-order valence-electron chi connectivity index (χ4n) is 6.61. The van der Waals surface area contributed by atoms with Gasteiger partial charge in [-0.3, -0.25) is 19.2 Å². The number of nitrogens with one attached hydrogen (secondary N) is 2. The molecule has 2 aliphatic carbocycles. The second-order valence-electron chi connectivity index (χ2n) is 11.8. The van der Waals surface area contributed by atoms with Gasteiger partial charge in [-0.2, -0.15) is 0 Å². The fraction of sp³-hybridized carbons (Fsp3) is 0.643. The number of aliphatic carboxylic acids is 2. The van der Waals surface area contributed by atoms with E-state index in [0.29, 0.717) is 31.4 Å². The van der Waals surface area contributed by atoms with Crippen LogP contribution in [0.1, 0.15) is 61.9 Å². The lowest BCUT2D eigenvalue weighted by atomic mass is 9.77. The van der Waals surface area contributed by atoms with E-state index in [4.69, 9.17) is 0 Å². The summed E-state index contributed by atoms with van der Waals surface area (Å²) >= 11 is 0. The maximum Gasteiger partial charge on any atom is 0.326 e. The van der Waals surface area contributed by atoms with Gasteiger partial charge in [0.15, 0.2) is 0 Å². The molecule has 2 saturated heterocycles. The topological polar surface area (TPSA) is 178 Å². The highest BCUT2D eigenvalue weighted by Gasteiger charge is 2.49.